The molecule has 0 amide bonds. The molecule has 0 spiro atoms. The third-order valence-electron chi connectivity index (χ3n) is 7.28. The van der Waals surface area contributed by atoms with Crippen LogP contribution in [0.2, 0.25) is 0 Å². The quantitative estimate of drug-likeness (QED) is 0.295. The maximum atomic E-state index is 12.1. The third kappa shape index (κ3) is 3.17. The summed E-state index contributed by atoms with van der Waals surface area (Å²) in [6.07, 6.45) is -4.25. The molecule has 0 aromatic carbocycles. The van der Waals surface area contributed by atoms with Gasteiger partial charge in [0.15, 0.2) is 6.29 Å². The molecule has 4 aliphatic rings. The fourth-order valence-corrected chi connectivity index (χ4v) is 5.53. The van der Waals surface area contributed by atoms with E-state index in [1.54, 1.807) is 0 Å². The minimum Gasteiger partial charge on any atom is -0.454 e. The number of hydrogen-bond acceptors (Lipinski definition) is 8. The molecular formula is C21H30O8. The van der Waals surface area contributed by atoms with Crippen LogP contribution < -0.4 is 0 Å². The molecule has 3 fully saturated rings. The highest BCUT2D eigenvalue weighted by molar-refractivity contribution is 5.91. The van der Waals surface area contributed by atoms with Gasteiger partial charge in [0.05, 0.1) is 12.7 Å². The Morgan fingerprint density at radius 2 is 1.93 bits per heavy atom. The van der Waals surface area contributed by atoms with Crippen LogP contribution >= 0.6 is 0 Å². The lowest BCUT2D eigenvalue weighted by molar-refractivity contribution is -0.319. The van der Waals surface area contributed by atoms with Crippen LogP contribution in [0.4, 0.5) is 0 Å². The van der Waals surface area contributed by atoms with Gasteiger partial charge in [0, 0.05) is 16.9 Å². The van der Waals surface area contributed by atoms with Gasteiger partial charge in [-0.1, -0.05) is 19.1 Å². The maximum absolute atomic E-state index is 12.1. The molecule has 2 aliphatic carbocycles. The van der Waals surface area contributed by atoms with Crippen molar-refractivity contribution < 1.29 is 39.4 Å². The van der Waals surface area contributed by atoms with Crippen LogP contribution in [-0.4, -0.2) is 75.9 Å². The Morgan fingerprint density at radius 3 is 2.62 bits per heavy atom. The molecule has 0 radical (unpaired) electrons. The molecule has 2 aliphatic heterocycles. The monoisotopic (exact) mass is 410 g/mol. The number of carbonyl (C=O) groups excluding carboxylic acids is 1. The number of esters is 1. The highest BCUT2D eigenvalue weighted by atomic mass is 16.7. The van der Waals surface area contributed by atoms with E-state index in [1.807, 2.05) is 0 Å². The molecule has 162 valence electrons. The molecule has 8 nitrogen and oxygen atoms in total. The van der Waals surface area contributed by atoms with E-state index in [1.165, 1.54) is 5.57 Å². The molecule has 4 N–H and O–H groups in total. The first kappa shape index (κ1) is 21.0. The predicted octanol–water partition coefficient (Wildman–Crippen LogP) is 0.180. The zero-order valence-electron chi connectivity index (χ0n) is 16.8. The molecule has 1 saturated carbocycles. The number of allylic oxidation sites excluding steroid dienone is 1. The molecule has 29 heavy (non-hydrogen) atoms. The number of fused-ring (bicyclic) bond motifs is 3. The first-order chi connectivity index (χ1) is 13.7. The molecular weight excluding hydrogens is 380 g/mol. The van der Waals surface area contributed by atoms with Gasteiger partial charge < -0.3 is 34.6 Å². The van der Waals surface area contributed by atoms with Crippen LogP contribution in [0.25, 0.3) is 0 Å². The lowest BCUT2D eigenvalue weighted by Crippen LogP contribution is -2.61. The SMILES string of the molecule is C=C1C(=O)O[C@@H]2C3=C(C)CC[C@@H](O[C@@H]4O[C@H](CO)[C@@H](O)[C@H](O)[C@H]4O)[C@]3(C)CC[C@@H]12. The van der Waals surface area contributed by atoms with Gasteiger partial charge in [-0.25, -0.2) is 4.79 Å². The van der Waals surface area contributed by atoms with E-state index in [0.29, 0.717) is 12.0 Å². The highest BCUT2D eigenvalue weighted by Crippen LogP contribution is 2.56. The van der Waals surface area contributed by atoms with Crippen molar-refractivity contribution in [3.05, 3.63) is 23.3 Å². The van der Waals surface area contributed by atoms with E-state index in [2.05, 4.69) is 20.4 Å². The minimum atomic E-state index is -1.48. The highest BCUT2D eigenvalue weighted by Gasteiger charge is 2.56. The Kier molecular flexibility index (Phi) is 5.38. The topological polar surface area (TPSA) is 126 Å². The number of aliphatic hydroxyl groups is 4. The van der Waals surface area contributed by atoms with Crippen LogP contribution in [0, 0.1) is 11.3 Å². The maximum Gasteiger partial charge on any atom is 0.334 e. The first-order valence-corrected chi connectivity index (χ1v) is 10.2. The van der Waals surface area contributed by atoms with Crippen molar-refractivity contribution >= 4 is 5.97 Å². The zero-order valence-corrected chi connectivity index (χ0v) is 16.8. The summed E-state index contributed by atoms with van der Waals surface area (Å²) in [6.45, 7) is 7.53. The molecule has 0 aromatic rings. The third-order valence-corrected chi connectivity index (χ3v) is 7.28. The predicted molar refractivity (Wildman–Crippen MR) is 100 cm³/mol. The van der Waals surface area contributed by atoms with Gasteiger partial charge in [0.1, 0.15) is 30.5 Å². The molecule has 2 heterocycles. The molecule has 0 bridgehead atoms. The molecule has 4 rings (SSSR count). The number of aliphatic hydroxyl groups excluding tert-OH is 4. The Labute approximate surface area is 169 Å². The van der Waals surface area contributed by atoms with E-state index in [4.69, 9.17) is 14.2 Å². The Balaban J connectivity index is 1.59. The van der Waals surface area contributed by atoms with Gasteiger partial charge in [-0.05, 0) is 38.2 Å². The lowest BCUT2D eigenvalue weighted by Gasteiger charge is -2.51. The molecule has 0 aromatic heterocycles. The number of ether oxygens (including phenoxy) is 3. The second-order valence-electron chi connectivity index (χ2n) is 8.97. The average Bonchev–Trinajstić information content (AvgIpc) is 2.97. The van der Waals surface area contributed by atoms with Crippen LogP contribution in [0.5, 0.6) is 0 Å². The van der Waals surface area contributed by atoms with Gasteiger partial charge in [-0.2, -0.15) is 0 Å². The summed E-state index contributed by atoms with van der Waals surface area (Å²) in [7, 11) is 0. The Hall–Kier alpha value is -1.29. The Morgan fingerprint density at radius 1 is 1.21 bits per heavy atom. The molecule has 9 atom stereocenters. The Bertz CT molecular complexity index is 730. The summed E-state index contributed by atoms with van der Waals surface area (Å²) in [5, 5.41) is 39.8. The first-order valence-electron chi connectivity index (χ1n) is 10.2. The van der Waals surface area contributed by atoms with E-state index in [-0.39, 0.29) is 24.1 Å². The largest absolute Gasteiger partial charge is 0.454 e. The normalized spacial score (nSPS) is 47.7. The van der Waals surface area contributed by atoms with Gasteiger partial charge in [0.2, 0.25) is 0 Å². The fourth-order valence-electron chi connectivity index (χ4n) is 5.53. The van der Waals surface area contributed by atoms with Gasteiger partial charge in [0.25, 0.3) is 0 Å². The lowest BCUT2D eigenvalue weighted by atomic mass is 9.59. The second-order valence-corrected chi connectivity index (χ2v) is 8.97. The van der Waals surface area contributed by atoms with Crippen molar-refractivity contribution in [1.82, 2.24) is 0 Å². The van der Waals surface area contributed by atoms with E-state index < -0.39 is 42.7 Å². The van der Waals surface area contributed by atoms with Crippen LogP contribution in [-0.2, 0) is 19.0 Å². The van der Waals surface area contributed by atoms with Crippen LogP contribution in [0.1, 0.15) is 39.5 Å². The van der Waals surface area contributed by atoms with Crippen LogP contribution in [0.15, 0.2) is 23.3 Å². The molecule has 0 unspecified atom stereocenters. The van der Waals surface area contributed by atoms with Gasteiger partial charge in [-0.15, -0.1) is 0 Å². The zero-order chi connectivity index (χ0) is 21.1. The standard InChI is InChI=1S/C21H30O8/c1-9-4-5-13(28-20-17(25)16(24)15(23)12(8-22)27-20)21(3)7-6-11-10(2)19(26)29-18(11)14(9)21/h11-13,15-18,20,22-25H,2,4-8H2,1,3H3/t11-,12+,13+,15+,16-,17+,18-,20-,21-/m0/s1. The number of carbonyl (C=O) groups is 1. The van der Waals surface area contributed by atoms with Crippen LogP contribution in [0.3, 0.4) is 0 Å². The summed E-state index contributed by atoms with van der Waals surface area (Å²) < 4.78 is 17.4. The average molecular weight is 410 g/mol. The summed E-state index contributed by atoms with van der Waals surface area (Å²) in [5.74, 6) is -0.368. The van der Waals surface area contributed by atoms with E-state index >= 15 is 0 Å². The summed E-state index contributed by atoms with van der Waals surface area (Å²) in [6, 6.07) is 0. The van der Waals surface area contributed by atoms with E-state index in [9.17, 15) is 25.2 Å². The fraction of sp³-hybridized carbons (Fsp3) is 0.762. The number of hydrogen-bond donors (Lipinski definition) is 4. The smallest absolute Gasteiger partial charge is 0.334 e. The van der Waals surface area contributed by atoms with Gasteiger partial charge >= 0.3 is 5.97 Å². The summed E-state index contributed by atoms with van der Waals surface area (Å²) >= 11 is 0. The summed E-state index contributed by atoms with van der Waals surface area (Å²) in [5.41, 5.74) is 2.34. The van der Waals surface area contributed by atoms with Crippen molar-refractivity contribution in [1.29, 1.82) is 0 Å². The molecule has 8 heteroatoms. The van der Waals surface area contributed by atoms with Crippen molar-refractivity contribution in [2.45, 2.75) is 82.4 Å². The van der Waals surface area contributed by atoms with Crippen molar-refractivity contribution in [2.24, 2.45) is 11.3 Å². The second kappa shape index (κ2) is 7.44. The summed E-state index contributed by atoms with van der Waals surface area (Å²) in [4.78, 5) is 12.1. The van der Waals surface area contributed by atoms with Crippen molar-refractivity contribution in [3.8, 4) is 0 Å². The van der Waals surface area contributed by atoms with E-state index in [0.717, 1.165) is 24.8 Å². The number of rotatable bonds is 3. The minimum absolute atomic E-state index is 0.0217. The van der Waals surface area contributed by atoms with Crippen molar-refractivity contribution in [3.63, 3.8) is 0 Å². The van der Waals surface area contributed by atoms with Crippen molar-refractivity contribution in [2.75, 3.05) is 6.61 Å². The van der Waals surface area contributed by atoms with Gasteiger partial charge in [-0.3, -0.25) is 0 Å². The molecule has 2 saturated heterocycles.